The molecule has 24 heavy (non-hydrogen) atoms. The van der Waals surface area contributed by atoms with Gasteiger partial charge in [-0.3, -0.25) is 0 Å². The minimum Gasteiger partial charge on any atom is -0.467 e. The van der Waals surface area contributed by atoms with Gasteiger partial charge in [-0.25, -0.2) is 4.79 Å². The van der Waals surface area contributed by atoms with Crippen molar-refractivity contribution in [3.05, 3.63) is 29.8 Å². The van der Waals surface area contributed by atoms with Gasteiger partial charge in [-0.05, 0) is 45.6 Å². The van der Waals surface area contributed by atoms with Gasteiger partial charge in [0, 0.05) is 13.0 Å². The van der Waals surface area contributed by atoms with Gasteiger partial charge in [0.15, 0.2) is 6.10 Å². The molecule has 1 aromatic carbocycles. The topological polar surface area (TPSA) is 54.0 Å². The fourth-order valence-electron chi connectivity index (χ4n) is 2.55. The van der Waals surface area contributed by atoms with Gasteiger partial charge in [0.1, 0.15) is 0 Å². The zero-order valence-electron chi connectivity index (χ0n) is 15.4. The molecule has 1 unspecified atom stereocenters. The summed E-state index contributed by atoms with van der Waals surface area (Å²) >= 11 is 0. The van der Waals surface area contributed by atoms with Gasteiger partial charge in [0.2, 0.25) is 0 Å². The van der Waals surface area contributed by atoms with Crippen molar-refractivity contribution in [2.24, 2.45) is 0 Å². The lowest BCUT2D eigenvalue weighted by molar-refractivity contribution is -0.153. The molecule has 1 atom stereocenters. The first-order chi connectivity index (χ1) is 11.2. The molecular weight excluding hydrogens is 307 g/mol. The van der Waals surface area contributed by atoms with Gasteiger partial charge >= 0.3 is 13.1 Å². The van der Waals surface area contributed by atoms with Crippen molar-refractivity contribution in [1.29, 1.82) is 0 Å². The number of hydrogen-bond donors (Lipinski definition) is 0. The number of carbonyl (C=O) groups excluding carboxylic acids is 1. The van der Waals surface area contributed by atoms with E-state index in [9.17, 15) is 4.79 Å². The Morgan fingerprint density at radius 1 is 1.12 bits per heavy atom. The molecule has 1 aliphatic heterocycles. The molecule has 1 heterocycles. The van der Waals surface area contributed by atoms with Crippen LogP contribution in [0.2, 0.25) is 0 Å². The van der Waals surface area contributed by atoms with Crippen LogP contribution in [-0.4, -0.2) is 44.1 Å². The zero-order valence-corrected chi connectivity index (χ0v) is 15.4. The van der Waals surface area contributed by atoms with Crippen LogP contribution >= 0.6 is 0 Å². The van der Waals surface area contributed by atoms with Gasteiger partial charge < -0.3 is 18.8 Å². The SMILES string of the molecule is CCOC(Cc1ccc(B2OC(C)(C)C(C)(C)O2)cc1)C(=O)OC. The Morgan fingerprint density at radius 3 is 2.12 bits per heavy atom. The monoisotopic (exact) mass is 334 g/mol. The summed E-state index contributed by atoms with van der Waals surface area (Å²) in [4.78, 5) is 11.7. The van der Waals surface area contributed by atoms with Crippen LogP contribution in [0.15, 0.2) is 24.3 Å². The molecule has 1 saturated heterocycles. The van der Waals surface area contributed by atoms with E-state index in [1.54, 1.807) is 0 Å². The van der Waals surface area contributed by atoms with Crippen molar-refractivity contribution >= 4 is 18.6 Å². The molecule has 0 amide bonds. The van der Waals surface area contributed by atoms with E-state index in [0.717, 1.165) is 11.0 Å². The average Bonchev–Trinajstić information content (AvgIpc) is 2.75. The molecule has 132 valence electrons. The third kappa shape index (κ3) is 3.99. The number of rotatable bonds is 6. The second kappa shape index (κ2) is 7.25. The smallest absolute Gasteiger partial charge is 0.467 e. The van der Waals surface area contributed by atoms with E-state index in [-0.39, 0.29) is 24.3 Å². The molecule has 1 aromatic rings. The van der Waals surface area contributed by atoms with Crippen LogP contribution in [-0.2, 0) is 30.0 Å². The van der Waals surface area contributed by atoms with Gasteiger partial charge in [-0.1, -0.05) is 24.3 Å². The Balaban J connectivity index is 2.07. The molecule has 0 spiro atoms. The maximum absolute atomic E-state index is 11.7. The zero-order chi connectivity index (χ0) is 18.0. The second-order valence-corrected chi connectivity index (χ2v) is 7.00. The van der Waals surface area contributed by atoms with E-state index < -0.39 is 6.10 Å². The lowest BCUT2D eigenvalue weighted by Crippen LogP contribution is -2.41. The first-order valence-electron chi connectivity index (χ1n) is 8.34. The van der Waals surface area contributed by atoms with Crippen LogP contribution < -0.4 is 5.46 Å². The van der Waals surface area contributed by atoms with Crippen molar-refractivity contribution in [2.75, 3.05) is 13.7 Å². The molecule has 0 aliphatic carbocycles. The Hall–Kier alpha value is -1.37. The molecular formula is C18H27BO5. The van der Waals surface area contributed by atoms with E-state index >= 15 is 0 Å². The lowest BCUT2D eigenvalue weighted by atomic mass is 9.78. The number of ether oxygens (including phenoxy) is 2. The molecule has 2 rings (SSSR count). The molecule has 0 N–H and O–H groups in total. The summed E-state index contributed by atoms with van der Waals surface area (Å²) in [5.74, 6) is -0.355. The highest BCUT2D eigenvalue weighted by atomic mass is 16.7. The molecule has 1 aliphatic rings. The number of methoxy groups -OCH3 is 1. The van der Waals surface area contributed by atoms with Crippen LogP contribution in [0.3, 0.4) is 0 Å². The van der Waals surface area contributed by atoms with Crippen LogP contribution in [0.1, 0.15) is 40.2 Å². The minimum atomic E-state index is -0.581. The van der Waals surface area contributed by atoms with E-state index in [4.69, 9.17) is 18.8 Å². The molecule has 0 aromatic heterocycles. The van der Waals surface area contributed by atoms with Crippen molar-refractivity contribution in [2.45, 2.75) is 58.3 Å². The Bertz CT molecular complexity index is 551. The molecule has 0 radical (unpaired) electrons. The largest absolute Gasteiger partial charge is 0.494 e. The highest BCUT2D eigenvalue weighted by Crippen LogP contribution is 2.36. The summed E-state index contributed by atoms with van der Waals surface area (Å²) in [6.45, 7) is 10.5. The van der Waals surface area contributed by atoms with E-state index in [1.807, 2.05) is 58.9 Å². The Morgan fingerprint density at radius 2 is 1.67 bits per heavy atom. The molecule has 5 nitrogen and oxygen atoms in total. The maximum Gasteiger partial charge on any atom is 0.494 e. The first kappa shape index (κ1) is 19.0. The third-order valence-electron chi connectivity index (χ3n) is 4.76. The van der Waals surface area contributed by atoms with Gasteiger partial charge in [-0.15, -0.1) is 0 Å². The Kier molecular flexibility index (Phi) is 5.73. The fourth-order valence-corrected chi connectivity index (χ4v) is 2.55. The Labute approximate surface area is 144 Å². The van der Waals surface area contributed by atoms with Gasteiger partial charge in [0.25, 0.3) is 0 Å². The highest BCUT2D eigenvalue weighted by molar-refractivity contribution is 6.62. The predicted octanol–water partition coefficient (Wildman–Crippen LogP) is 2.11. The number of hydrogen-bond acceptors (Lipinski definition) is 5. The first-order valence-corrected chi connectivity index (χ1v) is 8.34. The average molecular weight is 334 g/mol. The summed E-state index contributed by atoms with van der Waals surface area (Å²) < 4.78 is 22.3. The van der Waals surface area contributed by atoms with Crippen molar-refractivity contribution in [3.8, 4) is 0 Å². The van der Waals surface area contributed by atoms with E-state index in [1.165, 1.54) is 7.11 Å². The van der Waals surface area contributed by atoms with Crippen molar-refractivity contribution < 1.29 is 23.6 Å². The fraction of sp³-hybridized carbons (Fsp3) is 0.611. The third-order valence-corrected chi connectivity index (χ3v) is 4.76. The summed E-state index contributed by atoms with van der Waals surface area (Å²) in [6.07, 6.45) is -0.104. The van der Waals surface area contributed by atoms with Crippen molar-refractivity contribution in [3.63, 3.8) is 0 Å². The van der Waals surface area contributed by atoms with Gasteiger partial charge in [-0.2, -0.15) is 0 Å². The molecule has 0 saturated carbocycles. The van der Waals surface area contributed by atoms with Crippen LogP contribution in [0.25, 0.3) is 0 Å². The van der Waals surface area contributed by atoms with Crippen LogP contribution in [0, 0.1) is 0 Å². The number of carbonyl (C=O) groups is 1. The predicted molar refractivity (Wildman–Crippen MR) is 93.3 cm³/mol. The number of esters is 1. The summed E-state index contributed by atoms with van der Waals surface area (Å²) in [6, 6.07) is 7.88. The summed E-state index contributed by atoms with van der Waals surface area (Å²) in [5.41, 5.74) is 1.24. The quantitative estimate of drug-likeness (QED) is 0.589. The van der Waals surface area contributed by atoms with Crippen molar-refractivity contribution in [1.82, 2.24) is 0 Å². The summed E-state index contributed by atoms with van der Waals surface area (Å²) in [7, 11) is 0.989. The molecule has 0 bridgehead atoms. The lowest BCUT2D eigenvalue weighted by Gasteiger charge is -2.32. The second-order valence-electron chi connectivity index (χ2n) is 7.00. The maximum atomic E-state index is 11.7. The normalized spacial score (nSPS) is 20.0. The van der Waals surface area contributed by atoms with E-state index in [2.05, 4.69) is 0 Å². The standard InChI is InChI=1S/C18H27BO5/c1-7-22-15(16(20)21-6)12-13-8-10-14(11-9-13)19-23-17(2,3)18(4,5)24-19/h8-11,15H,7,12H2,1-6H3. The minimum absolute atomic E-state index is 0.355. The van der Waals surface area contributed by atoms with Gasteiger partial charge in [0.05, 0.1) is 18.3 Å². The molecule has 6 heteroatoms. The van der Waals surface area contributed by atoms with Crippen LogP contribution in [0.5, 0.6) is 0 Å². The van der Waals surface area contributed by atoms with Crippen LogP contribution in [0.4, 0.5) is 0 Å². The number of benzene rings is 1. The van der Waals surface area contributed by atoms with E-state index in [0.29, 0.717) is 13.0 Å². The molecule has 1 fully saturated rings. The highest BCUT2D eigenvalue weighted by Gasteiger charge is 2.51. The summed E-state index contributed by atoms with van der Waals surface area (Å²) in [5, 5.41) is 0.